The fourth-order valence-corrected chi connectivity index (χ4v) is 4.13. The molecule has 3 aliphatic rings. The van der Waals surface area contributed by atoms with Crippen LogP contribution < -0.4 is 10.6 Å². The van der Waals surface area contributed by atoms with Gasteiger partial charge >= 0.3 is 0 Å². The van der Waals surface area contributed by atoms with Crippen LogP contribution in [0.4, 0.5) is 0 Å². The Morgan fingerprint density at radius 1 is 1.08 bits per heavy atom. The van der Waals surface area contributed by atoms with Crippen LogP contribution in [-0.2, 0) is 14.3 Å². The van der Waals surface area contributed by atoms with Gasteiger partial charge in [0.05, 0.1) is 13.2 Å². The van der Waals surface area contributed by atoms with Crippen LogP contribution in [0.15, 0.2) is 0 Å². The number of ether oxygens (including phenoxy) is 1. The minimum absolute atomic E-state index is 0. The van der Waals surface area contributed by atoms with Crippen LogP contribution in [-0.4, -0.2) is 61.6 Å². The number of hydrogen-bond donors (Lipinski definition) is 2. The molecule has 6 nitrogen and oxygen atoms in total. The SMILES string of the molecule is Cl.O=C(CC1CCCC1)NC1CCN(C(=O)CC2COCCN2)CC1. The van der Waals surface area contributed by atoms with Crippen LogP contribution in [0.1, 0.15) is 51.4 Å². The Morgan fingerprint density at radius 2 is 1.80 bits per heavy atom. The molecule has 144 valence electrons. The zero-order chi connectivity index (χ0) is 16.8. The molecular formula is C18H32ClN3O3. The molecule has 3 fully saturated rings. The summed E-state index contributed by atoms with van der Waals surface area (Å²) in [5, 5.41) is 6.51. The summed E-state index contributed by atoms with van der Waals surface area (Å²) in [4.78, 5) is 26.4. The minimum Gasteiger partial charge on any atom is -0.378 e. The van der Waals surface area contributed by atoms with Gasteiger partial charge in [-0.1, -0.05) is 12.8 Å². The van der Waals surface area contributed by atoms with Crippen LogP contribution in [0.25, 0.3) is 0 Å². The normalized spacial score (nSPS) is 25.4. The van der Waals surface area contributed by atoms with E-state index in [-0.39, 0.29) is 36.3 Å². The van der Waals surface area contributed by atoms with E-state index in [1.54, 1.807) is 0 Å². The summed E-state index contributed by atoms with van der Waals surface area (Å²) in [6, 6.07) is 0.383. The van der Waals surface area contributed by atoms with Crippen molar-refractivity contribution < 1.29 is 14.3 Å². The predicted octanol–water partition coefficient (Wildman–Crippen LogP) is 1.47. The predicted molar refractivity (Wildman–Crippen MR) is 98.8 cm³/mol. The maximum absolute atomic E-state index is 12.4. The summed E-state index contributed by atoms with van der Waals surface area (Å²) in [5.41, 5.74) is 0. The van der Waals surface area contributed by atoms with Gasteiger partial charge in [-0.15, -0.1) is 12.4 Å². The Labute approximate surface area is 156 Å². The number of carbonyl (C=O) groups is 2. The Kier molecular flexibility index (Phi) is 8.46. The van der Waals surface area contributed by atoms with Crippen LogP contribution in [0.3, 0.4) is 0 Å². The van der Waals surface area contributed by atoms with Crippen molar-refractivity contribution in [1.29, 1.82) is 0 Å². The molecule has 2 heterocycles. The summed E-state index contributed by atoms with van der Waals surface area (Å²) in [6.07, 6.45) is 7.91. The Hall–Kier alpha value is -0.850. The van der Waals surface area contributed by atoms with Crippen molar-refractivity contribution in [2.45, 2.75) is 63.5 Å². The smallest absolute Gasteiger partial charge is 0.224 e. The van der Waals surface area contributed by atoms with Crippen molar-refractivity contribution in [2.24, 2.45) is 5.92 Å². The highest BCUT2D eigenvalue weighted by Crippen LogP contribution is 2.27. The molecule has 1 unspecified atom stereocenters. The third-order valence-electron chi connectivity index (χ3n) is 5.58. The van der Waals surface area contributed by atoms with Gasteiger partial charge in [-0.3, -0.25) is 9.59 Å². The topological polar surface area (TPSA) is 70.7 Å². The first-order valence-electron chi connectivity index (χ1n) is 9.59. The van der Waals surface area contributed by atoms with E-state index in [1.165, 1.54) is 25.7 Å². The van der Waals surface area contributed by atoms with E-state index in [4.69, 9.17) is 4.74 Å². The second-order valence-electron chi connectivity index (χ2n) is 7.51. The maximum Gasteiger partial charge on any atom is 0.224 e. The molecule has 3 rings (SSSR count). The lowest BCUT2D eigenvalue weighted by molar-refractivity contribution is -0.133. The van der Waals surface area contributed by atoms with Gasteiger partial charge < -0.3 is 20.3 Å². The number of halogens is 1. The van der Waals surface area contributed by atoms with Gasteiger partial charge in [-0.25, -0.2) is 0 Å². The highest BCUT2D eigenvalue weighted by molar-refractivity contribution is 5.85. The van der Waals surface area contributed by atoms with Crippen LogP contribution in [0, 0.1) is 5.92 Å². The van der Waals surface area contributed by atoms with Crippen molar-refractivity contribution >= 4 is 24.2 Å². The number of nitrogens with one attached hydrogen (secondary N) is 2. The maximum atomic E-state index is 12.4. The Bertz CT molecular complexity index is 429. The summed E-state index contributed by atoms with van der Waals surface area (Å²) in [6.45, 7) is 3.69. The molecule has 7 heteroatoms. The molecular weight excluding hydrogens is 342 g/mol. The van der Waals surface area contributed by atoms with Gasteiger partial charge in [0.15, 0.2) is 0 Å². The number of piperidine rings is 1. The third-order valence-corrected chi connectivity index (χ3v) is 5.58. The second-order valence-corrected chi connectivity index (χ2v) is 7.51. The Morgan fingerprint density at radius 3 is 2.44 bits per heavy atom. The summed E-state index contributed by atoms with van der Waals surface area (Å²) >= 11 is 0. The number of nitrogens with zero attached hydrogens (tertiary/aromatic N) is 1. The van der Waals surface area contributed by atoms with Gasteiger partial charge in [0.1, 0.15) is 0 Å². The van der Waals surface area contributed by atoms with E-state index in [2.05, 4.69) is 10.6 Å². The molecule has 2 saturated heterocycles. The van der Waals surface area contributed by atoms with Crippen molar-refractivity contribution in [3.8, 4) is 0 Å². The average Bonchev–Trinajstić information content (AvgIpc) is 3.09. The molecule has 25 heavy (non-hydrogen) atoms. The molecule has 0 aromatic heterocycles. The molecule has 1 atom stereocenters. The summed E-state index contributed by atoms with van der Waals surface area (Å²) in [5.74, 6) is 1.00. The zero-order valence-corrected chi connectivity index (χ0v) is 15.8. The molecule has 0 radical (unpaired) electrons. The summed E-state index contributed by atoms with van der Waals surface area (Å²) in [7, 11) is 0. The highest BCUT2D eigenvalue weighted by Gasteiger charge is 2.27. The third kappa shape index (κ3) is 6.42. The quantitative estimate of drug-likeness (QED) is 0.765. The van der Waals surface area contributed by atoms with Crippen molar-refractivity contribution in [1.82, 2.24) is 15.5 Å². The minimum atomic E-state index is 0. The average molecular weight is 374 g/mol. The van der Waals surface area contributed by atoms with E-state index in [9.17, 15) is 9.59 Å². The first-order chi connectivity index (χ1) is 11.7. The molecule has 2 aliphatic heterocycles. The largest absolute Gasteiger partial charge is 0.378 e. The number of carbonyl (C=O) groups excluding carboxylic acids is 2. The van der Waals surface area contributed by atoms with Crippen LogP contribution in [0.2, 0.25) is 0 Å². The van der Waals surface area contributed by atoms with E-state index in [1.807, 2.05) is 4.90 Å². The lowest BCUT2D eigenvalue weighted by atomic mass is 10.0. The molecule has 0 spiro atoms. The summed E-state index contributed by atoms with van der Waals surface area (Å²) < 4.78 is 5.40. The number of amides is 2. The van der Waals surface area contributed by atoms with Crippen molar-refractivity contribution in [3.63, 3.8) is 0 Å². The lowest BCUT2D eigenvalue weighted by Gasteiger charge is -2.34. The molecule has 0 aromatic carbocycles. The fourth-order valence-electron chi connectivity index (χ4n) is 4.13. The van der Waals surface area contributed by atoms with E-state index in [0.717, 1.165) is 39.1 Å². The van der Waals surface area contributed by atoms with Gasteiger partial charge in [0.25, 0.3) is 0 Å². The molecule has 1 saturated carbocycles. The van der Waals surface area contributed by atoms with Gasteiger partial charge in [0, 0.05) is 44.6 Å². The first-order valence-corrected chi connectivity index (χ1v) is 9.59. The molecule has 0 bridgehead atoms. The Balaban J connectivity index is 0.00000225. The zero-order valence-electron chi connectivity index (χ0n) is 15.0. The lowest BCUT2D eigenvalue weighted by Crippen LogP contribution is -2.49. The number of morpholine rings is 1. The van der Waals surface area contributed by atoms with Crippen LogP contribution in [0.5, 0.6) is 0 Å². The van der Waals surface area contributed by atoms with Gasteiger partial charge in [-0.2, -0.15) is 0 Å². The van der Waals surface area contributed by atoms with Gasteiger partial charge in [-0.05, 0) is 31.6 Å². The standard InChI is InChI=1S/C18H31N3O3.ClH/c22-17(11-14-3-1-2-4-14)20-15-5-8-21(9-6-15)18(23)12-16-13-24-10-7-19-16;/h14-16,19H,1-13H2,(H,20,22);1H. The van der Waals surface area contributed by atoms with Crippen molar-refractivity contribution in [3.05, 3.63) is 0 Å². The van der Waals surface area contributed by atoms with E-state index in [0.29, 0.717) is 25.4 Å². The molecule has 0 aromatic rings. The molecule has 1 aliphatic carbocycles. The van der Waals surface area contributed by atoms with Crippen molar-refractivity contribution in [2.75, 3.05) is 32.8 Å². The monoisotopic (exact) mass is 373 g/mol. The number of hydrogen-bond acceptors (Lipinski definition) is 4. The van der Waals surface area contributed by atoms with E-state index >= 15 is 0 Å². The number of likely N-dealkylation sites (tertiary alicyclic amines) is 1. The fraction of sp³-hybridized carbons (Fsp3) is 0.889. The highest BCUT2D eigenvalue weighted by atomic mass is 35.5. The number of rotatable bonds is 5. The molecule has 2 amide bonds. The molecule has 2 N–H and O–H groups in total. The van der Waals surface area contributed by atoms with Gasteiger partial charge in [0.2, 0.25) is 11.8 Å². The van der Waals surface area contributed by atoms with Crippen LogP contribution >= 0.6 is 12.4 Å². The first kappa shape index (κ1) is 20.5. The van der Waals surface area contributed by atoms with E-state index < -0.39 is 0 Å². The second kappa shape index (κ2) is 10.3.